The fourth-order valence-corrected chi connectivity index (χ4v) is 5.42. The number of pyridine rings is 1. The molecule has 5 nitrogen and oxygen atoms in total. The molecular formula is C27H29FN2O3S. The van der Waals surface area contributed by atoms with Gasteiger partial charge in [0.25, 0.3) is 0 Å². The van der Waals surface area contributed by atoms with Gasteiger partial charge in [-0.05, 0) is 85.8 Å². The van der Waals surface area contributed by atoms with Crippen molar-refractivity contribution in [1.82, 2.24) is 9.88 Å². The minimum absolute atomic E-state index is 0.148. The van der Waals surface area contributed by atoms with Crippen LogP contribution in [0.4, 0.5) is 4.39 Å². The van der Waals surface area contributed by atoms with Crippen LogP contribution in [0.1, 0.15) is 42.5 Å². The molecule has 4 rings (SSSR count). The SMILES string of the molecule is COc1ccc2ncc(F)c(CCCC3(CC(=O)O)CCN(CC#Cc4cccs4)CC3)c2c1. The monoisotopic (exact) mass is 480 g/mol. The van der Waals surface area contributed by atoms with Crippen LogP contribution in [0, 0.1) is 23.1 Å². The number of aliphatic carboxylic acids is 1. The highest BCUT2D eigenvalue weighted by atomic mass is 32.1. The van der Waals surface area contributed by atoms with Crippen molar-refractivity contribution in [2.45, 2.75) is 38.5 Å². The van der Waals surface area contributed by atoms with Crippen LogP contribution < -0.4 is 4.74 Å². The van der Waals surface area contributed by atoms with Crippen molar-refractivity contribution < 1.29 is 19.0 Å². The number of rotatable bonds is 8. The van der Waals surface area contributed by atoms with Crippen LogP contribution in [0.3, 0.4) is 0 Å². The molecule has 1 N–H and O–H groups in total. The summed E-state index contributed by atoms with van der Waals surface area (Å²) in [5.74, 6) is 5.99. The Kier molecular flexibility index (Phi) is 7.81. The Balaban J connectivity index is 1.40. The number of benzene rings is 1. The van der Waals surface area contributed by atoms with E-state index in [4.69, 9.17) is 4.74 Å². The first kappa shape index (κ1) is 24.2. The van der Waals surface area contributed by atoms with Gasteiger partial charge < -0.3 is 9.84 Å². The maximum Gasteiger partial charge on any atom is 0.303 e. The Labute approximate surface area is 203 Å². The molecule has 0 unspecified atom stereocenters. The van der Waals surface area contributed by atoms with E-state index in [1.54, 1.807) is 18.4 Å². The number of likely N-dealkylation sites (tertiary alicyclic amines) is 1. The predicted octanol–water partition coefficient (Wildman–Crippen LogP) is 5.38. The summed E-state index contributed by atoms with van der Waals surface area (Å²) in [7, 11) is 1.59. The Bertz CT molecular complexity index is 1190. The van der Waals surface area contributed by atoms with Crippen LogP contribution in [-0.4, -0.2) is 47.7 Å². The number of hydrogen-bond donors (Lipinski definition) is 1. The lowest BCUT2D eigenvalue weighted by atomic mass is 9.72. The second-order valence-electron chi connectivity index (χ2n) is 8.95. The molecule has 7 heteroatoms. The lowest BCUT2D eigenvalue weighted by molar-refractivity contribution is -0.140. The summed E-state index contributed by atoms with van der Waals surface area (Å²) >= 11 is 1.63. The molecule has 1 aromatic carbocycles. The van der Waals surface area contributed by atoms with E-state index in [1.807, 2.05) is 35.7 Å². The summed E-state index contributed by atoms with van der Waals surface area (Å²) in [5, 5.41) is 12.4. The average Bonchev–Trinajstić information content (AvgIpc) is 3.35. The van der Waals surface area contributed by atoms with Gasteiger partial charge in [-0.25, -0.2) is 4.39 Å². The molecular weight excluding hydrogens is 451 g/mol. The molecule has 0 radical (unpaired) electrons. The molecule has 0 aliphatic carbocycles. The van der Waals surface area contributed by atoms with Crippen LogP contribution in [-0.2, 0) is 11.2 Å². The smallest absolute Gasteiger partial charge is 0.303 e. The van der Waals surface area contributed by atoms with Gasteiger partial charge in [0, 0.05) is 5.39 Å². The van der Waals surface area contributed by atoms with E-state index in [2.05, 4.69) is 21.7 Å². The van der Waals surface area contributed by atoms with Gasteiger partial charge >= 0.3 is 5.97 Å². The number of carboxylic acids is 1. The van der Waals surface area contributed by atoms with E-state index in [0.717, 1.165) is 54.6 Å². The summed E-state index contributed by atoms with van der Waals surface area (Å²) in [6.45, 7) is 2.35. The van der Waals surface area contributed by atoms with Crippen molar-refractivity contribution in [2.24, 2.45) is 5.41 Å². The Morgan fingerprint density at radius 2 is 2.15 bits per heavy atom. The van der Waals surface area contributed by atoms with Gasteiger partial charge in [0.15, 0.2) is 0 Å². The van der Waals surface area contributed by atoms with E-state index >= 15 is 0 Å². The molecule has 178 valence electrons. The zero-order valence-corrected chi connectivity index (χ0v) is 20.2. The van der Waals surface area contributed by atoms with Gasteiger partial charge in [-0.15, -0.1) is 11.3 Å². The number of carbonyl (C=O) groups is 1. The highest BCUT2D eigenvalue weighted by Crippen LogP contribution is 2.40. The molecule has 3 heterocycles. The van der Waals surface area contributed by atoms with Gasteiger partial charge in [-0.1, -0.05) is 17.9 Å². The van der Waals surface area contributed by atoms with E-state index in [1.165, 1.54) is 6.20 Å². The Hall–Kier alpha value is -2.95. The van der Waals surface area contributed by atoms with E-state index < -0.39 is 5.97 Å². The highest BCUT2D eigenvalue weighted by Gasteiger charge is 2.36. The molecule has 1 fully saturated rings. The molecule has 1 saturated heterocycles. The number of fused-ring (bicyclic) bond motifs is 1. The number of piperidine rings is 1. The predicted molar refractivity (Wildman–Crippen MR) is 133 cm³/mol. The molecule has 0 atom stereocenters. The van der Waals surface area contributed by atoms with Gasteiger partial charge in [0.1, 0.15) is 11.6 Å². The van der Waals surface area contributed by atoms with Crippen molar-refractivity contribution in [2.75, 3.05) is 26.7 Å². The number of nitrogens with zero attached hydrogens (tertiary/aromatic N) is 2. The molecule has 0 bridgehead atoms. The van der Waals surface area contributed by atoms with Gasteiger partial charge in [-0.3, -0.25) is 14.7 Å². The third-order valence-corrected chi connectivity index (χ3v) is 7.53. The maximum absolute atomic E-state index is 14.7. The minimum Gasteiger partial charge on any atom is -0.497 e. The summed E-state index contributed by atoms with van der Waals surface area (Å²) in [5.41, 5.74) is 1.09. The standard InChI is InChI=1S/C27H29FN2O3S/c1-33-20-8-9-25-23(17-20)22(24(28)19-29-25)7-2-10-27(18-26(31)32)11-14-30(15-12-27)13-3-5-21-6-4-16-34-21/h4,6,8-9,16-17,19H,2,7,10-15,18H2,1H3,(H,31,32). The minimum atomic E-state index is -0.767. The topological polar surface area (TPSA) is 62.7 Å². The highest BCUT2D eigenvalue weighted by molar-refractivity contribution is 7.10. The van der Waals surface area contributed by atoms with Crippen LogP contribution in [0.15, 0.2) is 41.9 Å². The summed E-state index contributed by atoms with van der Waals surface area (Å²) in [6.07, 6.45) is 5.05. The molecule has 3 aromatic rings. The lowest BCUT2D eigenvalue weighted by Crippen LogP contribution is -2.41. The summed E-state index contributed by atoms with van der Waals surface area (Å²) in [6, 6.07) is 9.48. The first-order valence-electron chi connectivity index (χ1n) is 11.6. The van der Waals surface area contributed by atoms with Gasteiger partial charge in [0.05, 0.1) is 36.7 Å². The van der Waals surface area contributed by atoms with E-state index in [9.17, 15) is 14.3 Å². The number of halogens is 1. The number of aryl methyl sites for hydroxylation is 1. The number of carboxylic acid groups (broad SMARTS) is 1. The first-order valence-corrected chi connectivity index (χ1v) is 12.4. The van der Waals surface area contributed by atoms with Crippen LogP contribution in [0.2, 0.25) is 0 Å². The zero-order valence-electron chi connectivity index (χ0n) is 19.3. The second-order valence-corrected chi connectivity index (χ2v) is 9.89. The Morgan fingerprint density at radius 3 is 2.85 bits per heavy atom. The molecule has 0 amide bonds. The van der Waals surface area contributed by atoms with Crippen LogP contribution >= 0.6 is 11.3 Å². The molecule has 1 aliphatic rings. The first-order chi connectivity index (χ1) is 16.5. The molecule has 1 aliphatic heterocycles. The van der Waals surface area contributed by atoms with Crippen LogP contribution in [0.25, 0.3) is 10.9 Å². The third-order valence-electron chi connectivity index (χ3n) is 6.75. The van der Waals surface area contributed by atoms with E-state index in [0.29, 0.717) is 24.3 Å². The number of thiophene rings is 1. The molecule has 0 saturated carbocycles. The van der Waals surface area contributed by atoms with Crippen molar-refractivity contribution in [3.63, 3.8) is 0 Å². The van der Waals surface area contributed by atoms with Crippen molar-refractivity contribution >= 4 is 28.2 Å². The van der Waals surface area contributed by atoms with E-state index in [-0.39, 0.29) is 17.7 Å². The Morgan fingerprint density at radius 1 is 1.32 bits per heavy atom. The fourth-order valence-electron chi connectivity index (χ4n) is 4.83. The van der Waals surface area contributed by atoms with Gasteiger partial charge in [-0.2, -0.15) is 0 Å². The number of ether oxygens (including phenoxy) is 1. The van der Waals surface area contributed by atoms with Crippen molar-refractivity contribution in [3.8, 4) is 17.6 Å². The lowest BCUT2D eigenvalue weighted by Gasteiger charge is -2.40. The van der Waals surface area contributed by atoms with Crippen molar-refractivity contribution in [3.05, 3.63) is 58.2 Å². The second kappa shape index (κ2) is 11.0. The molecule has 34 heavy (non-hydrogen) atoms. The normalized spacial score (nSPS) is 15.6. The summed E-state index contributed by atoms with van der Waals surface area (Å²) < 4.78 is 20.0. The quantitative estimate of drug-likeness (QED) is 0.439. The van der Waals surface area contributed by atoms with Crippen LogP contribution in [0.5, 0.6) is 5.75 Å². The number of hydrogen-bond acceptors (Lipinski definition) is 5. The number of aromatic nitrogens is 1. The van der Waals surface area contributed by atoms with Crippen molar-refractivity contribution in [1.29, 1.82) is 0 Å². The average molecular weight is 481 g/mol. The largest absolute Gasteiger partial charge is 0.497 e. The van der Waals surface area contributed by atoms with Gasteiger partial charge in [0.2, 0.25) is 0 Å². The fraction of sp³-hybridized carbons (Fsp3) is 0.407. The zero-order chi connectivity index (χ0) is 24.0. The maximum atomic E-state index is 14.7. The molecule has 0 spiro atoms. The summed E-state index contributed by atoms with van der Waals surface area (Å²) in [4.78, 5) is 19.2. The third kappa shape index (κ3) is 5.94. The number of methoxy groups -OCH3 is 1. The molecule has 2 aromatic heterocycles.